The van der Waals surface area contributed by atoms with Crippen LogP contribution in [0, 0.1) is 5.82 Å². The molecule has 0 aromatic heterocycles. The number of hydrogen-bond donors (Lipinski definition) is 2. The predicted molar refractivity (Wildman–Crippen MR) is 77.9 cm³/mol. The number of carbonyl (C=O) groups excluding carboxylic acids is 1. The van der Waals surface area contributed by atoms with Gasteiger partial charge in [0.15, 0.2) is 6.61 Å². The SMILES string of the molecule is O=C(COc1ccc(Cl)cc1CO)Nc1ccc(F)cc1. The van der Waals surface area contributed by atoms with Crippen molar-refractivity contribution < 1.29 is 19.0 Å². The molecule has 0 bridgehead atoms. The summed E-state index contributed by atoms with van der Waals surface area (Å²) in [7, 11) is 0. The molecule has 0 unspecified atom stereocenters. The molecule has 4 nitrogen and oxygen atoms in total. The number of hydrogen-bond acceptors (Lipinski definition) is 3. The van der Waals surface area contributed by atoms with Crippen LogP contribution in [0.3, 0.4) is 0 Å². The summed E-state index contributed by atoms with van der Waals surface area (Å²) in [5, 5.41) is 12.2. The first-order chi connectivity index (χ1) is 10.1. The third-order valence-electron chi connectivity index (χ3n) is 2.68. The van der Waals surface area contributed by atoms with Crippen LogP contribution in [0.5, 0.6) is 5.75 Å². The monoisotopic (exact) mass is 309 g/mol. The van der Waals surface area contributed by atoms with Crippen LogP contribution in [0.1, 0.15) is 5.56 Å². The first kappa shape index (κ1) is 15.3. The minimum atomic E-state index is -0.388. The zero-order valence-corrected chi connectivity index (χ0v) is 11.7. The zero-order chi connectivity index (χ0) is 15.2. The highest BCUT2D eigenvalue weighted by Gasteiger charge is 2.08. The maximum atomic E-state index is 12.7. The van der Waals surface area contributed by atoms with Gasteiger partial charge in [-0.3, -0.25) is 4.79 Å². The summed E-state index contributed by atoms with van der Waals surface area (Å²) in [6.07, 6.45) is 0. The molecule has 0 spiro atoms. The van der Waals surface area contributed by atoms with E-state index in [9.17, 15) is 14.3 Å². The number of ether oxygens (including phenoxy) is 1. The van der Waals surface area contributed by atoms with Crippen LogP contribution in [0.25, 0.3) is 0 Å². The van der Waals surface area contributed by atoms with Gasteiger partial charge in [0.25, 0.3) is 5.91 Å². The minimum absolute atomic E-state index is 0.230. The third-order valence-corrected chi connectivity index (χ3v) is 2.91. The van der Waals surface area contributed by atoms with Crippen molar-refractivity contribution in [3.05, 3.63) is 58.9 Å². The van der Waals surface area contributed by atoms with Crippen molar-refractivity contribution in [2.45, 2.75) is 6.61 Å². The van der Waals surface area contributed by atoms with E-state index in [-0.39, 0.29) is 24.9 Å². The highest BCUT2D eigenvalue weighted by molar-refractivity contribution is 6.30. The smallest absolute Gasteiger partial charge is 0.262 e. The van der Waals surface area contributed by atoms with Gasteiger partial charge in [0.05, 0.1) is 6.61 Å². The molecule has 21 heavy (non-hydrogen) atoms. The Balaban J connectivity index is 1.93. The number of rotatable bonds is 5. The Morgan fingerprint density at radius 1 is 1.24 bits per heavy atom. The van der Waals surface area contributed by atoms with Gasteiger partial charge in [0.2, 0.25) is 0 Å². The fourth-order valence-electron chi connectivity index (χ4n) is 1.69. The van der Waals surface area contributed by atoms with Gasteiger partial charge in [0.1, 0.15) is 11.6 Å². The predicted octanol–water partition coefficient (Wildman–Crippen LogP) is 2.99. The molecular weight excluding hydrogens is 297 g/mol. The van der Waals surface area contributed by atoms with Crippen LogP contribution in [0.2, 0.25) is 5.02 Å². The molecular formula is C15H13ClFNO3. The van der Waals surface area contributed by atoms with Crippen molar-refractivity contribution >= 4 is 23.2 Å². The lowest BCUT2D eigenvalue weighted by Crippen LogP contribution is -2.20. The van der Waals surface area contributed by atoms with Gasteiger partial charge < -0.3 is 15.2 Å². The Hall–Kier alpha value is -2.11. The summed E-state index contributed by atoms with van der Waals surface area (Å²) in [5.74, 6) is -0.380. The summed E-state index contributed by atoms with van der Waals surface area (Å²) in [4.78, 5) is 11.7. The second-order valence-corrected chi connectivity index (χ2v) is 4.69. The van der Waals surface area contributed by atoms with Gasteiger partial charge in [-0.15, -0.1) is 0 Å². The van der Waals surface area contributed by atoms with Gasteiger partial charge in [-0.2, -0.15) is 0 Å². The van der Waals surface area contributed by atoms with Gasteiger partial charge in [-0.1, -0.05) is 11.6 Å². The second-order valence-electron chi connectivity index (χ2n) is 4.25. The number of amides is 1. The van der Waals surface area contributed by atoms with E-state index in [1.807, 2.05) is 0 Å². The van der Waals surface area contributed by atoms with Crippen LogP contribution in [0.15, 0.2) is 42.5 Å². The molecule has 2 N–H and O–H groups in total. The van der Waals surface area contributed by atoms with E-state index in [4.69, 9.17) is 16.3 Å². The van der Waals surface area contributed by atoms with E-state index >= 15 is 0 Å². The fourth-order valence-corrected chi connectivity index (χ4v) is 1.88. The molecule has 0 heterocycles. The van der Waals surface area contributed by atoms with Crippen LogP contribution >= 0.6 is 11.6 Å². The third kappa shape index (κ3) is 4.44. The van der Waals surface area contributed by atoms with Crippen molar-refractivity contribution in [3.63, 3.8) is 0 Å². The normalized spacial score (nSPS) is 10.2. The first-order valence-electron chi connectivity index (χ1n) is 6.16. The van der Waals surface area contributed by atoms with E-state index in [1.54, 1.807) is 18.2 Å². The van der Waals surface area contributed by atoms with Crippen molar-refractivity contribution in [2.75, 3.05) is 11.9 Å². The summed E-state index contributed by atoms with van der Waals surface area (Å²) < 4.78 is 18.1. The Labute approximate surface area is 126 Å². The molecule has 2 aromatic rings. The van der Waals surface area contributed by atoms with Crippen LogP contribution in [-0.2, 0) is 11.4 Å². The van der Waals surface area contributed by atoms with Crippen LogP contribution in [0.4, 0.5) is 10.1 Å². The zero-order valence-electron chi connectivity index (χ0n) is 11.0. The maximum Gasteiger partial charge on any atom is 0.262 e. The van der Waals surface area contributed by atoms with E-state index in [0.29, 0.717) is 22.0 Å². The van der Waals surface area contributed by atoms with Crippen LogP contribution in [-0.4, -0.2) is 17.6 Å². The average molecular weight is 310 g/mol. The average Bonchev–Trinajstić information content (AvgIpc) is 2.48. The summed E-state index contributed by atoms with van der Waals surface area (Å²) >= 11 is 5.80. The van der Waals surface area contributed by atoms with Crippen molar-refractivity contribution in [2.24, 2.45) is 0 Å². The molecule has 0 saturated carbocycles. The number of carbonyl (C=O) groups is 1. The quantitative estimate of drug-likeness (QED) is 0.892. The Morgan fingerprint density at radius 2 is 1.95 bits per heavy atom. The summed E-state index contributed by atoms with van der Waals surface area (Å²) in [6.45, 7) is -0.471. The largest absolute Gasteiger partial charge is 0.483 e. The van der Waals surface area contributed by atoms with Gasteiger partial charge in [-0.05, 0) is 42.5 Å². The molecule has 1 amide bonds. The summed E-state index contributed by atoms with van der Waals surface area (Å²) in [6, 6.07) is 10.2. The topological polar surface area (TPSA) is 58.6 Å². The summed E-state index contributed by atoms with van der Waals surface area (Å²) in [5.41, 5.74) is 0.973. The van der Waals surface area contributed by atoms with E-state index in [2.05, 4.69) is 5.32 Å². The lowest BCUT2D eigenvalue weighted by molar-refractivity contribution is -0.118. The lowest BCUT2D eigenvalue weighted by atomic mass is 10.2. The van der Waals surface area contributed by atoms with Gasteiger partial charge >= 0.3 is 0 Å². The molecule has 0 fully saturated rings. The Morgan fingerprint density at radius 3 is 2.62 bits per heavy atom. The number of aliphatic hydroxyl groups is 1. The van der Waals surface area contributed by atoms with E-state index in [0.717, 1.165) is 0 Å². The minimum Gasteiger partial charge on any atom is -0.483 e. The molecule has 2 rings (SSSR count). The number of anilines is 1. The molecule has 0 atom stereocenters. The molecule has 6 heteroatoms. The molecule has 0 aliphatic carbocycles. The second kappa shape index (κ2) is 7.06. The number of nitrogens with one attached hydrogen (secondary N) is 1. The van der Waals surface area contributed by atoms with E-state index < -0.39 is 0 Å². The number of benzene rings is 2. The fraction of sp³-hybridized carbons (Fsp3) is 0.133. The molecule has 2 aromatic carbocycles. The lowest BCUT2D eigenvalue weighted by Gasteiger charge is -2.10. The number of aliphatic hydroxyl groups excluding tert-OH is 1. The highest BCUT2D eigenvalue weighted by atomic mass is 35.5. The molecule has 110 valence electrons. The molecule has 0 radical (unpaired) electrons. The highest BCUT2D eigenvalue weighted by Crippen LogP contribution is 2.22. The van der Waals surface area contributed by atoms with Gasteiger partial charge in [0, 0.05) is 16.3 Å². The molecule has 0 saturated heterocycles. The number of halogens is 2. The van der Waals surface area contributed by atoms with Crippen molar-refractivity contribution in [1.82, 2.24) is 0 Å². The first-order valence-corrected chi connectivity index (χ1v) is 6.54. The van der Waals surface area contributed by atoms with E-state index in [1.165, 1.54) is 24.3 Å². The standard InChI is InChI=1S/C15H13ClFNO3/c16-11-1-6-14(10(7-11)8-19)21-9-15(20)18-13-4-2-12(17)3-5-13/h1-7,19H,8-9H2,(H,18,20). The molecule has 0 aliphatic rings. The Bertz CT molecular complexity index is 631. The molecule has 0 aliphatic heterocycles. The van der Waals surface area contributed by atoms with Gasteiger partial charge in [-0.25, -0.2) is 4.39 Å². The Kier molecular flexibility index (Phi) is 5.14. The van der Waals surface area contributed by atoms with Crippen molar-refractivity contribution in [1.29, 1.82) is 0 Å². The van der Waals surface area contributed by atoms with Crippen LogP contribution < -0.4 is 10.1 Å². The maximum absolute atomic E-state index is 12.7. The van der Waals surface area contributed by atoms with Crippen molar-refractivity contribution in [3.8, 4) is 5.75 Å².